The van der Waals surface area contributed by atoms with Crippen molar-refractivity contribution in [1.82, 2.24) is 15.0 Å². The molecule has 2 aromatic heterocycles. The maximum atomic E-state index is 10.9. The largest absolute Gasteiger partial charge is 0.477 e. The van der Waals surface area contributed by atoms with E-state index in [2.05, 4.69) is 30.9 Å². The summed E-state index contributed by atoms with van der Waals surface area (Å²) in [7, 11) is 0. The summed E-state index contributed by atoms with van der Waals surface area (Å²) in [5.41, 5.74) is 1.59. The number of aromatic amines is 1. The highest BCUT2D eigenvalue weighted by Gasteiger charge is 2.12. The van der Waals surface area contributed by atoms with E-state index in [0.717, 1.165) is 20.9 Å². The van der Waals surface area contributed by atoms with Crippen molar-refractivity contribution in [2.45, 2.75) is 0 Å². The van der Waals surface area contributed by atoms with E-state index in [0.29, 0.717) is 5.82 Å². The number of carbonyl (C=O) groups is 1. The fraction of sp³-hybridized carbons (Fsp3) is 0. The average Bonchev–Trinajstić information content (AvgIpc) is 2.89. The molecule has 0 bridgehead atoms. The van der Waals surface area contributed by atoms with Crippen LogP contribution in [0.4, 0.5) is 0 Å². The van der Waals surface area contributed by atoms with Crippen LogP contribution in [0.1, 0.15) is 10.5 Å². The number of hydrogen-bond acceptors (Lipinski definition) is 3. The second kappa shape index (κ2) is 4.47. The minimum atomic E-state index is -1.03. The highest BCUT2D eigenvalue weighted by atomic mass is 79.9. The van der Waals surface area contributed by atoms with E-state index in [1.807, 2.05) is 24.3 Å². The topological polar surface area (TPSA) is 78.9 Å². The molecule has 19 heavy (non-hydrogen) atoms. The Bertz CT molecular complexity index is 782. The van der Waals surface area contributed by atoms with Gasteiger partial charge in [0, 0.05) is 21.6 Å². The number of pyridine rings is 1. The zero-order chi connectivity index (χ0) is 13.4. The van der Waals surface area contributed by atoms with Crippen molar-refractivity contribution in [2.75, 3.05) is 0 Å². The fourth-order valence-corrected chi connectivity index (χ4v) is 2.35. The summed E-state index contributed by atoms with van der Waals surface area (Å²) in [6, 6.07) is 7.53. The first-order valence-electron chi connectivity index (χ1n) is 5.49. The second-order valence-corrected chi connectivity index (χ2v) is 4.80. The van der Waals surface area contributed by atoms with Gasteiger partial charge in [0.1, 0.15) is 11.5 Å². The molecule has 0 aliphatic rings. The van der Waals surface area contributed by atoms with E-state index in [4.69, 9.17) is 5.11 Å². The summed E-state index contributed by atoms with van der Waals surface area (Å²) in [6.07, 6.45) is 2.99. The molecule has 0 saturated carbocycles. The highest BCUT2D eigenvalue weighted by Crippen LogP contribution is 2.30. The number of halogens is 1. The summed E-state index contributed by atoms with van der Waals surface area (Å²) in [5.74, 6) is -0.540. The summed E-state index contributed by atoms with van der Waals surface area (Å²) in [4.78, 5) is 22.1. The number of benzene rings is 1. The molecule has 0 atom stereocenters. The molecule has 0 aliphatic carbocycles. The lowest BCUT2D eigenvalue weighted by atomic mass is 10.1. The van der Waals surface area contributed by atoms with E-state index < -0.39 is 5.97 Å². The molecule has 0 spiro atoms. The summed E-state index contributed by atoms with van der Waals surface area (Å²) in [6.45, 7) is 0. The number of imidazole rings is 1. The van der Waals surface area contributed by atoms with Gasteiger partial charge < -0.3 is 10.1 Å². The van der Waals surface area contributed by atoms with Crippen molar-refractivity contribution in [1.29, 1.82) is 0 Å². The Kier molecular flexibility index (Phi) is 2.79. The van der Waals surface area contributed by atoms with Crippen LogP contribution in [0.25, 0.3) is 22.3 Å². The van der Waals surface area contributed by atoms with Gasteiger partial charge >= 0.3 is 5.97 Å². The molecule has 0 amide bonds. The molecule has 0 radical (unpaired) electrons. The number of aromatic carboxylic acids is 1. The Morgan fingerprint density at radius 2 is 2.11 bits per heavy atom. The molecule has 94 valence electrons. The molecule has 0 aliphatic heterocycles. The number of carboxylic acid groups (broad SMARTS) is 1. The van der Waals surface area contributed by atoms with Crippen molar-refractivity contribution >= 4 is 32.8 Å². The van der Waals surface area contributed by atoms with Crippen LogP contribution < -0.4 is 0 Å². The Hall–Kier alpha value is -2.21. The fourth-order valence-electron chi connectivity index (χ4n) is 1.90. The highest BCUT2D eigenvalue weighted by molar-refractivity contribution is 9.10. The Labute approximate surface area is 116 Å². The number of rotatable bonds is 2. The van der Waals surface area contributed by atoms with Gasteiger partial charge in [0.05, 0.1) is 11.7 Å². The van der Waals surface area contributed by atoms with Crippen molar-refractivity contribution in [3.05, 3.63) is 46.8 Å². The van der Waals surface area contributed by atoms with Crippen LogP contribution in [-0.4, -0.2) is 26.0 Å². The van der Waals surface area contributed by atoms with Crippen LogP contribution >= 0.6 is 15.9 Å². The molecule has 2 N–H and O–H groups in total. The van der Waals surface area contributed by atoms with Gasteiger partial charge in [-0.15, -0.1) is 0 Å². The van der Waals surface area contributed by atoms with E-state index in [-0.39, 0.29) is 5.69 Å². The molecule has 5 nitrogen and oxygen atoms in total. The normalized spacial score (nSPS) is 10.8. The first-order chi connectivity index (χ1) is 9.16. The third-order valence-corrected chi connectivity index (χ3v) is 3.47. The molecule has 6 heteroatoms. The monoisotopic (exact) mass is 317 g/mol. The Morgan fingerprint density at radius 1 is 1.26 bits per heavy atom. The lowest BCUT2D eigenvalue weighted by Gasteiger charge is -2.04. The van der Waals surface area contributed by atoms with Crippen molar-refractivity contribution < 1.29 is 9.90 Å². The minimum absolute atomic E-state index is 0.0574. The van der Waals surface area contributed by atoms with E-state index in [9.17, 15) is 4.79 Å². The molecule has 0 fully saturated rings. The van der Waals surface area contributed by atoms with Gasteiger partial charge in [-0.1, -0.05) is 22.0 Å². The smallest absolute Gasteiger partial charge is 0.353 e. The predicted octanol–water partition coefficient (Wildman–Crippen LogP) is 3.09. The standard InChI is InChI=1S/C13H8BrN3O2/c14-9-4-3-8(11-7(9)2-1-5-15-11)12-16-6-10(17-12)13(18)19/h1-6H,(H,16,17)(H,18,19). The second-order valence-electron chi connectivity index (χ2n) is 3.95. The maximum absolute atomic E-state index is 10.9. The lowest BCUT2D eigenvalue weighted by molar-refractivity contribution is 0.0691. The third kappa shape index (κ3) is 2.00. The zero-order valence-electron chi connectivity index (χ0n) is 9.59. The Balaban J connectivity index is 2.24. The van der Waals surface area contributed by atoms with Crippen LogP contribution in [0.3, 0.4) is 0 Å². The number of nitrogens with one attached hydrogen (secondary N) is 1. The van der Waals surface area contributed by atoms with Gasteiger partial charge in [-0.25, -0.2) is 9.78 Å². The minimum Gasteiger partial charge on any atom is -0.477 e. The first kappa shape index (κ1) is 11.9. The van der Waals surface area contributed by atoms with Gasteiger partial charge in [-0.3, -0.25) is 4.98 Å². The average molecular weight is 318 g/mol. The van der Waals surface area contributed by atoms with E-state index in [1.54, 1.807) is 6.20 Å². The SMILES string of the molecule is O=C(O)c1cnc(-c2ccc(Br)c3cccnc23)[nH]1. The van der Waals surface area contributed by atoms with Gasteiger partial charge in [-0.05, 0) is 18.2 Å². The third-order valence-electron chi connectivity index (χ3n) is 2.78. The van der Waals surface area contributed by atoms with Crippen molar-refractivity contribution in [3.8, 4) is 11.4 Å². The zero-order valence-corrected chi connectivity index (χ0v) is 11.2. The van der Waals surface area contributed by atoms with E-state index in [1.165, 1.54) is 6.20 Å². The molecule has 0 unspecified atom stereocenters. The van der Waals surface area contributed by atoms with E-state index >= 15 is 0 Å². The molecule has 3 rings (SSSR count). The number of aromatic nitrogens is 3. The van der Waals surface area contributed by atoms with Crippen LogP contribution in [0.2, 0.25) is 0 Å². The van der Waals surface area contributed by atoms with Crippen LogP contribution in [0, 0.1) is 0 Å². The van der Waals surface area contributed by atoms with Crippen molar-refractivity contribution in [2.24, 2.45) is 0 Å². The number of fused-ring (bicyclic) bond motifs is 1. The summed E-state index contributed by atoms with van der Waals surface area (Å²) < 4.78 is 0.935. The molecular formula is C13H8BrN3O2. The van der Waals surface area contributed by atoms with Crippen LogP contribution in [0.15, 0.2) is 41.1 Å². The summed E-state index contributed by atoms with van der Waals surface area (Å²) in [5, 5.41) is 9.86. The van der Waals surface area contributed by atoms with Crippen LogP contribution in [-0.2, 0) is 0 Å². The maximum Gasteiger partial charge on any atom is 0.353 e. The molecule has 2 heterocycles. The van der Waals surface area contributed by atoms with Gasteiger partial charge in [0.25, 0.3) is 0 Å². The molecule has 1 aromatic carbocycles. The number of hydrogen-bond donors (Lipinski definition) is 2. The molecule has 3 aromatic rings. The number of H-pyrrole nitrogens is 1. The van der Waals surface area contributed by atoms with Gasteiger partial charge in [0.15, 0.2) is 0 Å². The summed E-state index contributed by atoms with van der Waals surface area (Å²) >= 11 is 3.47. The first-order valence-corrected chi connectivity index (χ1v) is 6.28. The van der Waals surface area contributed by atoms with Gasteiger partial charge in [-0.2, -0.15) is 0 Å². The quantitative estimate of drug-likeness (QED) is 0.761. The lowest BCUT2D eigenvalue weighted by Crippen LogP contribution is -1.95. The number of carboxylic acids is 1. The van der Waals surface area contributed by atoms with Crippen LogP contribution in [0.5, 0.6) is 0 Å². The predicted molar refractivity (Wildman–Crippen MR) is 74.0 cm³/mol. The van der Waals surface area contributed by atoms with Gasteiger partial charge in [0.2, 0.25) is 0 Å². The number of nitrogens with zero attached hydrogens (tertiary/aromatic N) is 2. The Morgan fingerprint density at radius 3 is 2.84 bits per heavy atom. The molecule has 0 saturated heterocycles. The molecular weight excluding hydrogens is 310 g/mol. The van der Waals surface area contributed by atoms with Crippen molar-refractivity contribution in [3.63, 3.8) is 0 Å².